The number of amides is 1. The van der Waals surface area contributed by atoms with E-state index in [0.717, 1.165) is 22.4 Å². The van der Waals surface area contributed by atoms with E-state index in [-0.39, 0.29) is 17.8 Å². The number of morpholine rings is 1. The van der Waals surface area contributed by atoms with Crippen LogP contribution in [0.4, 0.5) is 17.5 Å². The summed E-state index contributed by atoms with van der Waals surface area (Å²) in [6, 6.07) is 22.7. The first-order valence-corrected chi connectivity index (χ1v) is 13.3. The molecule has 0 aliphatic carbocycles. The molecule has 0 saturated carbocycles. The zero-order valence-electron chi connectivity index (χ0n) is 22.0. The van der Waals surface area contributed by atoms with E-state index < -0.39 is 6.04 Å². The SMILES string of the molecule is O=C1Nc2ccccc2C(c2ccccc2)=C[C@@H]1Nc1nnc(-c2cn(-c3ccccn3)nc2N2CCOCC2)o1. The highest BCUT2D eigenvalue weighted by molar-refractivity contribution is 6.05. The topological polar surface area (TPSA) is 123 Å². The molecule has 3 aromatic heterocycles. The van der Waals surface area contributed by atoms with Crippen molar-refractivity contribution < 1.29 is 13.9 Å². The standard InChI is InChI=1S/C30H26N8O3/c39-28-25(18-22(20-8-2-1-3-9-20)21-10-4-5-11-24(21)32-28)33-30-35-34-29(41-30)23-19-38(26-12-6-7-13-31-26)36-27(23)37-14-16-40-17-15-37/h1-13,18-19,25H,14-17H2,(H,32,39)(H,33,35)/t25-/m0/s1. The molecule has 1 atom stereocenters. The van der Waals surface area contributed by atoms with Crippen LogP contribution < -0.4 is 15.5 Å². The Morgan fingerprint density at radius 3 is 2.54 bits per heavy atom. The van der Waals surface area contributed by atoms with E-state index in [9.17, 15) is 4.79 Å². The van der Waals surface area contributed by atoms with Crippen LogP contribution in [-0.4, -0.2) is 63.2 Å². The lowest BCUT2D eigenvalue weighted by Crippen LogP contribution is -2.36. The summed E-state index contributed by atoms with van der Waals surface area (Å²) >= 11 is 0. The molecule has 0 spiro atoms. The van der Waals surface area contributed by atoms with E-state index in [1.54, 1.807) is 10.9 Å². The molecule has 2 aliphatic heterocycles. The number of rotatable bonds is 6. The lowest BCUT2D eigenvalue weighted by atomic mass is 9.96. The van der Waals surface area contributed by atoms with E-state index in [0.29, 0.717) is 43.5 Å². The number of para-hydroxylation sites is 1. The molecule has 2 aromatic carbocycles. The highest BCUT2D eigenvalue weighted by Crippen LogP contribution is 2.34. The van der Waals surface area contributed by atoms with Crippen molar-refractivity contribution in [2.75, 3.05) is 41.8 Å². The summed E-state index contributed by atoms with van der Waals surface area (Å²) in [4.78, 5) is 19.9. The van der Waals surface area contributed by atoms with Crippen LogP contribution >= 0.6 is 0 Å². The summed E-state index contributed by atoms with van der Waals surface area (Å²) in [6.07, 6.45) is 5.43. The quantitative estimate of drug-likeness (QED) is 0.325. The zero-order valence-corrected chi connectivity index (χ0v) is 22.0. The first kappa shape index (κ1) is 24.7. The molecule has 5 aromatic rings. The van der Waals surface area contributed by atoms with Gasteiger partial charge in [-0.3, -0.25) is 4.79 Å². The maximum Gasteiger partial charge on any atom is 0.316 e. The number of nitrogens with zero attached hydrogens (tertiary/aromatic N) is 6. The van der Waals surface area contributed by atoms with Crippen LogP contribution in [0.15, 0.2) is 95.7 Å². The fourth-order valence-electron chi connectivity index (χ4n) is 5.00. The smallest absolute Gasteiger partial charge is 0.316 e. The summed E-state index contributed by atoms with van der Waals surface area (Å²) in [5.41, 5.74) is 4.24. The molecule has 5 heterocycles. The van der Waals surface area contributed by atoms with E-state index in [1.807, 2.05) is 85.1 Å². The fourth-order valence-corrected chi connectivity index (χ4v) is 5.00. The van der Waals surface area contributed by atoms with Gasteiger partial charge in [0.2, 0.25) is 0 Å². The highest BCUT2D eigenvalue weighted by Gasteiger charge is 2.28. The van der Waals surface area contributed by atoms with Crippen LogP contribution in [0.25, 0.3) is 22.8 Å². The maximum absolute atomic E-state index is 13.3. The van der Waals surface area contributed by atoms with Gasteiger partial charge < -0.3 is 24.7 Å². The molecule has 1 saturated heterocycles. The summed E-state index contributed by atoms with van der Waals surface area (Å²) in [7, 11) is 0. The second-order valence-electron chi connectivity index (χ2n) is 9.61. The van der Waals surface area contributed by atoms with E-state index in [2.05, 4.69) is 30.7 Å². The van der Waals surface area contributed by atoms with Crippen LogP contribution in [0.3, 0.4) is 0 Å². The summed E-state index contributed by atoms with van der Waals surface area (Å²) < 4.78 is 13.3. The Hall–Kier alpha value is -5.29. The first-order valence-electron chi connectivity index (χ1n) is 13.3. The van der Waals surface area contributed by atoms with E-state index in [1.165, 1.54) is 0 Å². The molecular formula is C30H26N8O3. The highest BCUT2D eigenvalue weighted by atomic mass is 16.5. The van der Waals surface area contributed by atoms with Crippen LogP contribution in [0.1, 0.15) is 11.1 Å². The second-order valence-corrected chi connectivity index (χ2v) is 9.61. The molecule has 11 heteroatoms. The monoisotopic (exact) mass is 546 g/mol. The van der Waals surface area contributed by atoms with Gasteiger partial charge in [-0.05, 0) is 35.4 Å². The van der Waals surface area contributed by atoms with Crippen molar-refractivity contribution in [1.29, 1.82) is 0 Å². The van der Waals surface area contributed by atoms with Crippen molar-refractivity contribution in [3.05, 3.63) is 102 Å². The van der Waals surface area contributed by atoms with Crippen molar-refractivity contribution >= 4 is 29.0 Å². The van der Waals surface area contributed by atoms with E-state index >= 15 is 0 Å². The minimum Gasteiger partial charge on any atom is -0.403 e. The normalized spacial score (nSPS) is 16.9. The third-order valence-electron chi connectivity index (χ3n) is 7.00. The van der Waals surface area contributed by atoms with Crippen molar-refractivity contribution in [3.63, 3.8) is 0 Å². The zero-order chi connectivity index (χ0) is 27.6. The lowest BCUT2D eigenvalue weighted by molar-refractivity contribution is -0.116. The molecule has 2 aliphatic rings. The number of hydrogen-bond acceptors (Lipinski definition) is 9. The minimum atomic E-state index is -0.763. The van der Waals surface area contributed by atoms with Gasteiger partial charge in [0, 0.05) is 36.7 Å². The number of benzene rings is 2. The first-order chi connectivity index (χ1) is 20.2. The number of carbonyl (C=O) groups excluding carboxylic acids is 1. The Balaban J connectivity index is 1.23. The van der Waals surface area contributed by atoms with Gasteiger partial charge in [-0.2, -0.15) is 0 Å². The average Bonchev–Trinajstić information content (AvgIpc) is 3.65. The molecular weight excluding hydrogens is 520 g/mol. The number of ether oxygens (including phenoxy) is 1. The Morgan fingerprint density at radius 2 is 1.71 bits per heavy atom. The van der Waals surface area contributed by atoms with Gasteiger partial charge in [-0.15, -0.1) is 10.2 Å². The number of hydrogen-bond donors (Lipinski definition) is 2. The average molecular weight is 547 g/mol. The molecule has 11 nitrogen and oxygen atoms in total. The van der Waals surface area contributed by atoms with Gasteiger partial charge in [-0.1, -0.05) is 59.7 Å². The molecule has 0 unspecified atom stereocenters. The van der Waals surface area contributed by atoms with Crippen molar-refractivity contribution in [3.8, 4) is 17.3 Å². The van der Waals surface area contributed by atoms with Crippen molar-refractivity contribution in [2.45, 2.75) is 6.04 Å². The summed E-state index contributed by atoms with van der Waals surface area (Å²) in [5.74, 6) is 1.41. The van der Waals surface area contributed by atoms with Crippen molar-refractivity contribution in [2.24, 2.45) is 0 Å². The Labute approximate surface area is 235 Å². The maximum atomic E-state index is 13.3. The van der Waals surface area contributed by atoms with Crippen LogP contribution in [0.2, 0.25) is 0 Å². The second kappa shape index (κ2) is 10.7. The molecule has 0 radical (unpaired) electrons. The van der Waals surface area contributed by atoms with Crippen molar-refractivity contribution in [1.82, 2.24) is 25.0 Å². The Morgan fingerprint density at radius 1 is 0.902 bits per heavy atom. The van der Waals surface area contributed by atoms with Crippen LogP contribution in [-0.2, 0) is 9.53 Å². The molecule has 2 N–H and O–H groups in total. The number of anilines is 3. The fraction of sp³-hybridized carbons (Fsp3) is 0.167. The molecule has 7 rings (SSSR count). The molecule has 1 fully saturated rings. The molecule has 1 amide bonds. The van der Waals surface area contributed by atoms with Gasteiger partial charge in [0.25, 0.3) is 11.8 Å². The predicted molar refractivity (Wildman–Crippen MR) is 154 cm³/mol. The number of nitrogens with one attached hydrogen (secondary N) is 2. The molecule has 0 bridgehead atoms. The van der Waals surface area contributed by atoms with Gasteiger partial charge >= 0.3 is 6.01 Å². The number of fused-ring (bicyclic) bond motifs is 1. The third kappa shape index (κ3) is 4.94. The summed E-state index contributed by atoms with van der Waals surface area (Å²) in [5, 5.41) is 19.5. The van der Waals surface area contributed by atoms with Gasteiger partial charge in [0.1, 0.15) is 11.6 Å². The predicted octanol–water partition coefficient (Wildman–Crippen LogP) is 4.02. The third-order valence-corrected chi connectivity index (χ3v) is 7.00. The van der Waals surface area contributed by atoms with Gasteiger partial charge in [0.05, 0.1) is 13.2 Å². The number of aromatic nitrogens is 5. The Kier molecular flexibility index (Phi) is 6.45. The van der Waals surface area contributed by atoms with Gasteiger partial charge in [0.15, 0.2) is 11.6 Å². The number of carbonyl (C=O) groups is 1. The van der Waals surface area contributed by atoms with Gasteiger partial charge in [-0.25, -0.2) is 9.67 Å². The Bertz CT molecular complexity index is 1710. The van der Waals surface area contributed by atoms with Crippen LogP contribution in [0.5, 0.6) is 0 Å². The number of pyridine rings is 1. The molecule has 204 valence electrons. The lowest BCUT2D eigenvalue weighted by Gasteiger charge is -2.27. The van der Waals surface area contributed by atoms with Crippen LogP contribution in [0, 0.1) is 0 Å². The summed E-state index contributed by atoms with van der Waals surface area (Å²) in [6.45, 7) is 2.56. The largest absolute Gasteiger partial charge is 0.403 e. The molecule has 41 heavy (non-hydrogen) atoms. The minimum absolute atomic E-state index is 0.119. The van der Waals surface area contributed by atoms with E-state index in [4.69, 9.17) is 14.3 Å².